The second-order valence-electron chi connectivity index (χ2n) is 12.8. The molecular formula is C27H46OSi. The fourth-order valence-corrected chi connectivity index (χ4v) is 9.03. The van der Waals surface area contributed by atoms with Gasteiger partial charge in [0.05, 0.1) is 0 Å². The van der Waals surface area contributed by atoms with Crippen LogP contribution in [-0.4, -0.2) is 14.4 Å². The molecule has 0 saturated heterocycles. The first-order valence-electron chi connectivity index (χ1n) is 12.5. The van der Waals surface area contributed by atoms with Crippen LogP contribution < -0.4 is 0 Å². The largest absolute Gasteiger partial charge is 0.414 e. The van der Waals surface area contributed by atoms with Gasteiger partial charge in [0, 0.05) is 6.10 Å². The molecule has 1 nitrogen and oxygen atoms in total. The van der Waals surface area contributed by atoms with Crippen LogP contribution in [0, 0.1) is 28.6 Å². The van der Waals surface area contributed by atoms with E-state index >= 15 is 0 Å². The summed E-state index contributed by atoms with van der Waals surface area (Å²) in [6.07, 6.45) is 16.4. The van der Waals surface area contributed by atoms with Gasteiger partial charge in [0.15, 0.2) is 8.32 Å². The topological polar surface area (TPSA) is 9.23 Å². The first-order chi connectivity index (χ1) is 13.4. The molecule has 0 bridgehead atoms. The summed E-state index contributed by atoms with van der Waals surface area (Å²) in [6, 6.07) is 0. The standard InChI is InChI=1S/C27H46OSi/c1-9-19-11-13-23-22-12-10-20-18-21(28-29(7,8)25(2,3)4)14-16-27(20,6)24(22)15-17-26(19,23)5/h9-10,21-24H,11-18H2,1-8H3/t21-,22?,23?,24?,26+,27-/m0/s1. The molecule has 164 valence electrons. The highest BCUT2D eigenvalue weighted by molar-refractivity contribution is 6.74. The lowest BCUT2D eigenvalue weighted by Gasteiger charge is -2.58. The summed E-state index contributed by atoms with van der Waals surface area (Å²) in [5.41, 5.74) is 4.48. The van der Waals surface area contributed by atoms with Gasteiger partial charge in [-0.1, -0.05) is 57.9 Å². The third-order valence-corrected chi connectivity index (χ3v) is 15.1. The summed E-state index contributed by atoms with van der Waals surface area (Å²) < 4.78 is 6.88. The van der Waals surface area contributed by atoms with Gasteiger partial charge in [0.1, 0.15) is 0 Å². The summed E-state index contributed by atoms with van der Waals surface area (Å²) in [7, 11) is -1.68. The Bertz CT molecular complexity index is 711. The first kappa shape index (κ1) is 21.9. The summed E-state index contributed by atoms with van der Waals surface area (Å²) in [6.45, 7) is 19.5. The van der Waals surface area contributed by atoms with Gasteiger partial charge in [0.2, 0.25) is 0 Å². The minimum atomic E-state index is -1.68. The summed E-state index contributed by atoms with van der Waals surface area (Å²) in [4.78, 5) is 0. The number of allylic oxidation sites excluding steroid dienone is 3. The molecule has 0 heterocycles. The van der Waals surface area contributed by atoms with Crippen LogP contribution in [0.3, 0.4) is 0 Å². The third-order valence-electron chi connectivity index (χ3n) is 10.5. The molecule has 0 aromatic rings. The maximum atomic E-state index is 6.88. The van der Waals surface area contributed by atoms with Crippen molar-refractivity contribution >= 4 is 8.32 Å². The van der Waals surface area contributed by atoms with Crippen molar-refractivity contribution in [1.82, 2.24) is 0 Å². The molecule has 3 fully saturated rings. The van der Waals surface area contributed by atoms with Crippen LogP contribution >= 0.6 is 0 Å². The van der Waals surface area contributed by atoms with E-state index in [4.69, 9.17) is 4.43 Å². The number of fused-ring (bicyclic) bond motifs is 5. The van der Waals surface area contributed by atoms with Gasteiger partial charge in [-0.2, -0.15) is 0 Å². The van der Waals surface area contributed by atoms with Crippen LogP contribution in [0.25, 0.3) is 0 Å². The first-order valence-corrected chi connectivity index (χ1v) is 15.4. The Labute approximate surface area is 181 Å². The van der Waals surface area contributed by atoms with Gasteiger partial charge in [-0.25, -0.2) is 0 Å². The maximum absolute atomic E-state index is 6.88. The van der Waals surface area contributed by atoms with Gasteiger partial charge in [-0.3, -0.25) is 0 Å². The lowest BCUT2D eigenvalue weighted by Crippen LogP contribution is -2.51. The van der Waals surface area contributed by atoms with Crippen LogP contribution in [0.4, 0.5) is 0 Å². The van der Waals surface area contributed by atoms with Crippen molar-refractivity contribution in [1.29, 1.82) is 0 Å². The molecular weight excluding hydrogens is 368 g/mol. The molecule has 2 heteroatoms. The van der Waals surface area contributed by atoms with Crippen LogP contribution in [0.1, 0.15) is 92.9 Å². The Hall–Kier alpha value is -0.343. The minimum absolute atomic E-state index is 0.306. The average molecular weight is 415 g/mol. The van der Waals surface area contributed by atoms with E-state index in [1.807, 2.05) is 0 Å². The fourth-order valence-electron chi connectivity index (χ4n) is 7.64. The second kappa shape index (κ2) is 7.09. The lowest BCUT2D eigenvalue weighted by molar-refractivity contribution is -0.0254. The highest BCUT2D eigenvalue weighted by Gasteiger charge is 2.57. The molecule has 0 N–H and O–H groups in total. The normalized spacial score (nSPS) is 44.1. The van der Waals surface area contributed by atoms with Crippen LogP contribution in [0.5, 0.6) is 0 Å². The molecule has 3 unspecified atom stereocenters. The SMILES string of the molecule is CC=C1CCC2C3CC=C4C[C@@H](O[Si](C)(C)C(C)(C)C)CC[C@]4(C)C3CC[C@]12C. The predicted molar refractivity (Wildman–Crippen MR) is 128 cm³/mol. The van der Waals surface area contributed by atoms with E-state index < -0.39 is 8.32 Å². The Morgan fingerprint density at radius 2 is 1.69 bits per heavy atom. The fraction of sp³-hybridized carbons (Fsp3) is 0.852. The molecule has 0 aromatic heterocycles. The maximum Gasteiger partial charge on any atom is 0.192 e. The van der Waals surface area contributed by atoms with E-state index in [0.29, 0.717) is 22.0 Å². The van der Waals surface area contributed by atoms with Crippen molar-refractivity contribution in [3.63, 3.8) is 0 Å². The summed E-state index contributed by atoms with van der Waals surface area (Å²) in [5.74, 6) is 2.74. The minimum Gasteiger partial charge on any atom is -0.414 e. The molecule has 0 spiro atoms. The van der Waals surface area contributed by atoms with Crippen molar-refractivity contribution in [3.05, 3.63) is 23.3 Å². The predicted octanol–water partition coefficient (Wildman–Crippen LogP) is 8.29. The zero-order valence-corrected chi connectivity index (χ0v) is 21.5. The molecule has 0 amide bonds. The van der Waals surface area contributed by atoms with Gasteiger partial charge in [-0.15, -0.1) is 0 Å². The Morgan fingerprint density at radius 1 is 1.03 bits per heavy atom. The Balaban J connectivity index is 1.54. The van der Waals surface area contributed by atoms with E-state index in [1.165, 1.54) is 51.4 Å². The Kier molecular flexibility index (Phi) is 5.35. The lowest BCUT2D eigenvalue weighted by atomic mass is 9.48. The quantitative estimate of drug-likeness (QED) is 0.326. The smallest absolute Gasteiger partial charge is 0.192 e. The molecule has 3 saturated carbocycles. The van der Waals surface area contributed by atoms with Crippen molar-refractivity contribution in [3.8, 4) is 0 Å². The van der Waals surface area contributed by atoms with Crippen LogP contribution in [0.15, 0.2) is 23.3 Å². The number of rotatable bonds is 2. The molecule has 4 rings (SSSR count). The zero-order chi connectivity index (χ0) is 21.2. The van der Waals surface area contributed by atoms with Crippen molar-refractivity contribution in [2.45, 2.75) is 117 Å². The molecule has 4 aliphatic rings. The summed E-state index contributed by atoms with van der Waals surface area (Å²) in [5, 5.41) is 0.306. The second-order valence-corrected chi connectivity index (χ2v) is 17.6. The van der Waals surface area contributed by atoms with Crippen molar-refractivity contribution in [2.24, 2.45) is 28.6 Å². The van der Waals surface area contributed by atoms with E-state index in [1.54, 1.807) is 11.1 Å². The van der Waals surface area contributed by atoms with Crippen LogP contribution in [-0.2, 0) is 4.43 Å². The van der Waals surface area contributed by atoms with Gasteiger partial charge < -0.3 is 4.43 Å². The van der Waals surface area contributed by atoms with Crippen molar-refractivity contribution in [2.75, 3.05) is 0 Å². The summed E-state index contributed by atoms with van der Waals surface area (Å²) >= 11 is 0. The highest BCUT2D eigenvalue weighted by Crippen LogP contribution is 2.66. The zero-order valence-electron chi connectivity index (χ0n) is 20.5. The van der Waals surface area contributed by atoms with Gasteiger partial charge in [-0.05, 0) is 105 Å². The molecule has 0 aromatic carbocycles. The van der Waals surface area contributed by atoms with Crippen LogP contribution in [0.2, 0.25) is 18.1 Å². The molecule has 0 aliphatic heterocycles. The van der Waals surface area contributed by atoms with E-state index in [-0.39, 0.29) is 0 Å². The van der Waals surface area contributed by atoms with E-state index in [2.05, 4.69) is 66.8 Å². The van der Waals surface area contributed by atoms with Gasteiger partial charge in [0.25, 0.3) is 0 Å². The monoisotopic (exact) mass is 414 g/mol. The Morgan fingerprint density at radius 3 is 2.34 bits per heavy atom. The molecule has 0 radical (unpaired) electrons. The number of hydrogen-bond donors (Lipinski definition) is 0. The molecule has 4 aliphatic carbocycles. The molecule has 29 heavy (non-hydrogen) atoms. The number of hydrogen-bond acceptors (Lipinski definition) is 1. The van der Waals surface area contributed by atoms with E-state index in [0.717, 1.165) is 17.8 Å². The van der Waals surface area contributed by atoms with Gasteiger partial charge >= 0.3 is 0 Å². The third kappa shape index (κ3) is 3.36. The highest BCUT2D eigenvalue weighted by atomic mass is 28.4. The average Bonchev–Trinajstić information content (AvgIpc) is 2.97. The van der Waals surface area contributed by atoms with E-state index in [9.17, 15) is 0 Å². The van der Waals surface area contributed by atoms with Crippen molar-refractivity contribution < 1.29 is 4.43 Å². The molecule has 6 atom stereocenters.